The molecule has 1 aromatic heterocycles. The molecule has 3 aromatic rings. The number of methoxy groups -OCH3 is 3. The molecular formula is C18H19N3O6S. The number of aromatic nitrogens is 2. The lowest BCUT2D eigenvalue weighted by Crippen LogP contribution is -2.24. The molecule has 0 aliphatic heterocycles. The Balaban J connectivity index is 1.76. The number of nitrogens with one attached hydrogen (secondary N) is 1. The van der Waals surface area contributed by atoms with Crippen LogP contribution >= 0.6 is 0 Å². The molecule has 0 fully saturated rings. The van der Waals surface area contributed by atoms with E-state index in [1.807, 2.05) is 0 Å². The fourth-order valence-electron chi connectivity index (χ4n) is 2.41. The lowest BCUT2D eigenvalue weighted by molar-refractivity contribution is 0.375. The third-order valence-electron chi connectivity index (χ3n) is 3.89. The molecular weight excluding hydrogens is 386 g/mol. The van der Waals surface area contributed by atoms with Crippen LogP contribution in [0.4, 0.5) is 0 Å². The first kappa shape index (κ1) is 19.6. The first-order valence-electron chi connectivity index (χ1n) is 8.15. The summed E-state index contributed by atoms with van der Waals surface area (Å²) in [5, 5.41) is 3.87. The first-order valence-corrected chi connectivity index (χ1v) is 9.64. The van der Waals surface area contributed by atoms with Crippen molar-refractivity contribution in [3.05, 3.63) is 48.4 Å². The van der Waals surface area contributed by atoms with Crippen LogP contribution in [0, 0.1) is 0 Å². The van der Waals surface area contributed by atoms with E-state index in [9.17, 15) is 8.42 Å². The van der Waals surface area contributed by atoms with Gasteiger partial charge in [0, 0.05) is 11.6 Å². The van der Waals surface area contributed by atoms with E-state index >= 15 is 0 Å². The summed E-state index contributed by atoms with van der Waals surface area (Å²) in [7, 11) is 0.515. The summed E-state index contributed by atoms with van der Waals surface area (Å²) in [6, 6.07) is 11.6. The molecule has 0 amide bonds. The highest BCUT2D eigenvalue weighted by atomic mass is 32.2. The molecule has 9 nitrogen and oxygen atoms in total. The van der Waals surface area contributed by atoms with Gasteiger partial charge in [0.1, 0.15) is 22.1 Å². The highest BCUT2D eigenvalue weighted by Crippen LogP contribution is 2.28. The van der Waals surface area contributed by atoms with Gasteiger partial charge in [0.2, 0.25) is 21.7 Å². The van der Waals surface area contributed by atoms with Crippen LogP contribution in [0.3, 0.4) is 0 Å². The van der Waals surface area contributed by atoms with Gasteiger partial charge < -0.3 is 18.7 Å². The van der Waals surface area contributed by atoms with Crippen LogP contribution in [-0.2, 0) is 16.6 Å². The smallest absolute Gasteiger partial charge is 0.244 e. The molecule has 0 atom stereocenters. The van der Waals surface area contributed by atoms with Gasteiger partial charge in [0.15, 0.2) is 0 Å². The molecule has 28 heavy (non-hydrogen) atoms. The van der Waals surface area contributed by atoms with Crippen molar-refractivity contribution in [2.45, 2.75) is 11.4 Å². The maximum atomic E-state index is 12.7. The Morgan fingerprint density at radius 2 is 1.64 bits per heavy atom. The summed E-state index contributed by atoms with van der Waals surface area (Å²) >= 11 is 0. The third kappa shape index (κ3) is 4.24. The van der Waals surface area contributed by atoms with Crippen LogP contribution < -0.4 is 18.9 Å². The molecule has 0 saturated carbocycles. The predicted octanol–water partition coefficient (Wildman–Crippen LogP) is 2.24. The largest absolute Gasteiger partial charge is 0.497 e. The minimum atomic E-state index is -3.90. The minimum Gasteiger partial charge on any atom is -0.497 e. The highest BCUT2D eigenvalue weighted by Gasteiger charge is 2.21. The normalized spacial score (nSPS) is 11.2. The molecule has 0 unspecified atom stereocenters. The first-order chi connectivity index (χ1) is 13.5. The molecule has 2 aromatic carbocycles. The summed E-state index contributed by atoms with van der Waals surface area (Å²) in [4.78, 5) is 4.16. The zero-order valence-electron chi connectivity index (χ0n) is 15.5. The zero-order chi connectivity index (χ0) is 20.1. The van der Waals surface area contributed by atoms with E-state index in [1.54, 1.807) is 37.4 Å². The van der Waals surface area contributed by atoms with Crippen LogP contribution in [0.5, 0.6) is 17.2 Å². The van der Waals surface area contributed by atoms with Crippen molar-refractivity contribution < 1.29 is 27.2 Å². The van der Waals surface area contributed by atoms with E-state index in [4.69, 9.17) is 18.7 Å². The number of rotatable bonds is 8. The lowest BCUT2D eigenvalue weighted by Gasteiger charge is -2.11. The van der Waals surface area contributed by atoms with E-state index in [-0.39, 0.29) is 23.1 Å². The Hall–Kier alpha value is -3.11. The van der Waals surface area contributed by atoms with Gasteiger partial charge in [-0.15, -0.1) is 0 Å². The van der Waals surface area contributed by atoms with E-state index < -0.39 is 10.0 Å². The third-order valence-corrected chi connectivity index (χ3v) is 5.31. The van der Waals surface area contributed by atoms with Gasteiger partial charge in [0.25, 0.3) is 0 Å². The minimum absolute atomic E-state index is 0.0516. The maximum Gasteiger partial charge on any atom is 0.244 e. The molecule has 1 N–H and O–H groups in total. The van der Waals surface area contributed by atoms with Gasteiger partial charge in [-0.05, 0) is 36.4 Å². The van der Waals surface area contributed by atoms with Gasteiger partial charge in [-0.1, -0.05) is 5.16 Å². The SMILES string of the molecule is COc1ccc(-c2noc(CNS(=O)(=O)c3cc(OC)ccc3OC)n2)cc1. The lowest BCUT2D eigenvalue weighted by atomic mass is 10.2. The molecule has 10 heteroatoms. The predicted molar refractivity (Wildman–Crippen MR) is 99.9 cm³/mol. The maximum absolute atomic E-state index is 12.7. The molecule has 0 aliphatic rings. The van der Waals surface area contributed by atoms with Crippen LogP contribution in [0.1, 0.15) is 5.89 Å². The molecule has 1 heterocycles. The Morgan fingerprint density at radius 3 is 2.29 bits per heavy atom. The van der Waals surface area contributed by atoms with E-state index in [0.29, 0.717) is 22.9 Å². The summed E-state index contributed by atoms with van der Waals surface area (Å²) in [6.45, 7) is -0.175. The summed E-state index contributed by atoms with van der Waals surface area (Å²) in [6.07, 6.45) is 0. The van der Waals surface area contributed by atoms with E-state index in [2.05, 4.69) is 14.9 Å². The topological polar surface area (TPSA) is 113 Å². The molecule has 3 rings (SSSR count). The number of hydrogen-bond donors (Lipinski definition) is 1. The number of sulfonamides is 1. The van der Waals surface area contributed by atoms with Gasteiger partial charge >= 0.3 is 0 Å². The van der Waals surface area contributed by atoms with Crippen molar-refractivity contribution in [3.8, 4) is 28.6 Å². The molecule has 0 saturated heterocycles. The van der Waals surface area contributed by atoms with Crippen molar-refractivity contribution in [2.24, 2.45) is 0 Å². The fraction of sp³-hybridized carbons (Fsp3) is 0.222. The monoisotopic (exact) mass is 405 g/mol. The highest BCUT2D eigenvalue weighted by molar-refractivity contribution is 7.89. The van der Waals surface area contributed by atoms with E-state index in [0.717, 1.165) is 0 Å². The van der Waals surface area contributed by atoms with Crippen LogP contribution in [0.15, 0.2) is 51.9 Å². The molecule has 0 radical (unpaired) electrons. The molecule has 0 aliphatic carbocycles. The summed E-state index contributed by atoms with van der Waals surface area (Å²) in [5.41, 5.74) is 0.716. The Labute approximate surface area is 162 Å². The zero-order valence-corrected chi connectivity index (χ0v) is 16.3. The Morgan fingerprint density at radius 1 is 0.964 bits per heavy atom. The average molecular weight is 405 g/mol. The van der Waals surface area contributed by atoms with Crippen molar-refractivity contribution >= 4 is 10.0 Å². The summed E-state index contributed by atoms with van der Waals surface area (Å²) in [5.74, 6) is 1.75. The fourth-order valence-corrected chi connectivity index (χ4v) is 3.57. The van der Waals surface area contributed by atoms with Crippen molar-refractivity contribution in [1.29, 1.82) is 0 Å². The van der Waals surface area contributed by atoms with E-state index in [1.165, 1.54) is 26.4 Å². The van der Waals surface area contributed by atoms with Crippen molar-refractivity contribution in [3.63, 3.8) is 0 Å². The number of benzene rings is 2. The second-order valence-electron chi connectivity index (χ2n) is 5.58. The van der Waals surface area contributed by atoms with Crippen LogP contribution in [0.25, 0.3) is 11.4 Å². The quantitative estimate of drug-likeness (QED) is 0.607. The summed E-state index contributed by atoms with van der Waals surface area (Å²) < 4.78 is 48.2. The number of nitrogens with zero attached hydrogens (tertiary/aromatic N) is 2. The van der Waals surface area contributed by atoms with Crippen LogP contribution in [-0.4, -0.2) is 39.9 Å². The molecule has 0 bridgehead atoms. The Kier molecular flexibility index (Phi) is 5.81. The van der Waals surface area contributed by atoms with Gasteiger partial charge in [-0.2, -0.15) is 4.98 Å². The second kappa shape index (κ2) is 8.28. The van der Waals surface area contributed by atoms with Crippen LogP contribution in [0.2, 0.25) is 0 Å². The van der Waals surface area contributed by atoms with Crippen molar-refractivity contribution in [2.75, 3.05) is 21.3 Å². The standard InChI is InChI=1S/C18H19N3O6S/c1-24-13-6-4-12(5-7-13)18-20-17(27-21-18)11-19-28(22,23)16-10-14(25-2)8-9-15(16)26-3/h4-10,19H,11H2,1-3H3. The average Bonchev–Trinajstić information content (AvgIpc) is 3.21. The number of ether oxygens (including phenoxy) is 3. The molecule has 0 spiro atoms. The second-order valence-corrected chi connectivity index (χ2v) is 7.32. The van der Waals surface area contributed by atoms with Gasteiger partial charge in [-0.25, -0.2) is 13.1 Å². The van der Waals surface area contributed by atoms with Gasteiger partial charge in [0.05, 0.1) is 27.9 Å². The van der Waals surface area contributed by atoms with Gasteiger partial charge in [-0.3, -0.25) is 0 Å². The number of hydrogen-bond acceptors (Lipinski definition) is 8. The van der Waals surface area contributed by atoms with Crippen molar-refractivity contribution in [1.82, 2.24) is 14.9 Å². The molecule has 148 valence electrons. The Bertz CT molecular complexity index is 1050.